The number of carboxylic acids is 1. The first kappa shape index (κ1) is 22.4. The number of hydrogen-bond donors (Lipinski definition) is 1. The van der Waals surface area contributed by atoms with Crippen molar-refractivity contribution >= 4 is 16.1 Å². The molecule has 0 fully saturated rings. The highest BCUT2D eigenvalue weighted by molar-refractivity contribution is 7.86. The summed E-state index contributed by atoms with van der Waals surface area (Å²) in [6.45, 7) is 2.22. The summed E-state index contributed by atoms with van der Waals surface area (Å²) >= 11 is 0. The van der Waals surface area contributed by atoms with E-state index in [1.807, 2.05) is 0 Å². The zero-order valence-corrected chi connectivity index (χ0v) is 15.6. The van der Waals surface area contributed by atoms with Crippen molar-refractivity contribution in [3.05, 3.63) is 0 Å². The second kappa shape index (κ2) is 13.8. The predicted octanol–water partition coefficient (Wildman–Crippen LogP) is 4.51. The molecule has 1 atom stereocenters. The van der Waals surface area contributed by atoms with Crippen LogP contribution in [-0.4, -0.2) is 31.9 Å². The maximum Gasteiger partial charge on any atom is 0.306 e. The molecule has 5 nitrogen and oxygen atoms in total. The van der Waals surface area contributed by atoms with Gasteiger partial charge in [-0.25, -0.2) is 0 Å². The van der Waals surface area contributed by atoms with Crippen molar-refractivity contribution in [2.75, 3.05) is 6.26 Å². The van der Waals surface area contributed by atoms with Gasteiger partial charge in [-0.2, -0.15) is 8.42 Å². The van der Waals surface area contributed by atoms with Gasteiger partial charge in [0.25, 0.3) is 10.1 Å². The van der Waals surface area contributed by atoms with Crippen LogP contribution >= 0.6 is 0 Å². The monoisotopic (exact) mass is 350 g/mol. The molecule has 0 bridgehead atoms. The molecule has 0 saturated carbocycles. The Bertz CT molecular complexity index is 392. The van der Waals surface area contributed by atoms with E-state index in [0.29, 0.717) is 6.42 Å². The lowest BCUT2D eigenvalue weighted by atomic mass is 10.0. The van der Waals surface area contributed by atoms with Crippen LogP contribution < -0.4 is 0 Å². The lowest BCUT2D eigenvalue weighted by Crippen LogP contribution is -2.21. The van der Waals surface area contributed by atoms with Crippen molar-refractivity contribution in [3.8, 4) is 0 Å². The van der Waals surface area contributed by atoms with Crippen LogP contribution in [0.5, 0.6) is 0 Å². The summed E-state index contributed by atoms with van der Waals surface area (Å²) in [6.07, 6.45) is 13.8. The quantitative estimate of drug-likeness (QED) is 0.327. The van der Waals surface area contributed by atoms with E-state index in [0.717, 1.165) is 25.5 Å². The Morgan fingerprint density at radius 1 is 0.913 bits per heavy atom. The highest BCUT2D eigenvalue weighted by atomic mass is 32.2. The molecule has 0 unspecified atom stereocenters. The number of aliphatic carboxylic acids is 1. The molecule has 0 amide bonds. The van der Waals surface area contributed by atoms with Gasteiger partial charge in [0.05, 0.1) is 18.8 Å². The van der Waals surface area contributed by atoms with Crippen LogP contribution in [0.25, 0.3) is 0 Å². The number of rotatable bonds is 16. The van der Waals surface area contributed by atoms with Crippen molar-refractivity contribution in [2.24, 2.45) is 0 Å². The molecule has 0 aromatic rings. The summed E-state index contributed by atoms with van der Waals surface area (Å²) < 4.78 is 27.1. The highest BCUT2D eigenvalue weighted by Gasteiger charge is 2.18. The third-order valence-corrected chi connectivity index (χ3v) is 4.46. The van der Waals surface area contributed by atoms with Crippen molar-refractivity contribution < 1.29 is 22.5 Å². The minimum atomic E-state index is -3.60. The molecule has 138 valence electrons. The molecule has 0 aliphatic heterocycles. The summed E-state index contributed by atoms with van der Waals surface area (Å²) in [5.74, 6) is -1.03. The third kappa shape index (κ3) is 17.6. The summed E-state index contributed by atoms with van der Waals surface area (Å²) in [5.41, 5.74) is 0. The molecule has 1 N–H and O–H groups in total. The number of unbranched alkanes of at least 4 members (excludes halogenated alkanes) is 10. The molecule has 0 heterocycles. The summed E-state index contributed by atoms with van der Waals surface area (Å²) in [4.78, 5) is 10.7. The van der Waals surface area contributed by atoms with E-state index in [1.54, 1.807) is 0 Å². The summed E-state index contributed by atoms with van der Waals surface area (Å²) in [6, 6.07) is 0. The van der Waals surface area contributed by atoms with Gasteiger partial charge in [0, 0.05) is 0 Å². The number of carbonyl (C=O) groups is 1. The average molecular weight is 351 g/mol. The molecule has 6 heteroatoms. The molecule has 23 heavy (non-hydrogen) atoms. The maximum atomic E-state index is 11.1. The Morgan fingerprint density at radius 2 is 1.35 bits per heavy atom. The molecule has 0 aliphatic carbocycles. The molecule has 0 saturated heterocycles. The van der Waals surface area contributed by atoms with Crippen LogP contribution in [0.1, 0.15) is 90.4 Å². The van der Waals surface area contributed by atoms with Crippen molar-refractivity contribution in [1.29, 1.82) is 0 Å². The fraction of sp³-hybridized carbons (Fsp3) is 0.941. The first-order valence-electron chi connectivity index (χ1n) is 8.95. The molecule has 0 radical (unpaired) electrons. The second-order valence-electron chi connectivity index (χ2n) is 6.34. The SMILES string of the molecule is CCCCCCCCCCCCC[C@H](CC(=O)O)OS(C)(=O)=O. The van der Waals surface area contributed by atoms with E-state index in [9.17, 15) is 13.2 Å². The third-order valence-electron chi connectivity index (χ3n) is 3.84. The van der Waals surface area contributed by atoms with Gasteiger partial charge >= 0.3 is 5.97 Å². The Balaban J connectivity index is 3.60. The molecule has 0 aliphatic rings. The van der Waals surface area contributed by atoms with Gasteiger partial charge in [-0.3, -0.25) is 8.98 Å². The Labute approximate surface area is 141 Å². The van der Waals surface area contributed by atoms with Gasteiger partial charge in [-0.1, -0.05) is 77.6 Å². The maximum absolute atomic E-state index is 11.1. The molecular weight excluding hydrogens is 316 g/mol. The van der Waals surface area contributed by atoms with Gasteiger partial charge in [0.1, 0.15) is 0 Å². The van der Waals surface area contributed by atoms with Gasteiger partial charge in [0.2, 0.25) is 0 Å². The molecule has 0 aromatic heterocycles. The molecule has 0 rings (SSSR count). The Morgan fingerprint density at radius 3 is 1.74 bits per heavy atom. The minimum Gasteiger partial charge on any atom is -0.481 e. The molecule has 0 aromatic carbocycles. The van der Waals surface area contributed by atoms with E-state index in [-0.39, 0.29) is 6.42 Å². The number of hydrogen-bond acceptors (Lipinski definition) is 4. The van der Waals surface area contributed by atoms with E-state index >= 15 is 0 Å². The van der Waals surface area contributed by atoms with E-state index in [1.165, 1.54) is 51.4 Å². The van der Waals surface area contributed by atoms with Crippen LogP contribution in [0.2, 0.25) is 0 Å². The highest BCUT2D eigenvalue weighted by Crippen LogP contribution is 2.15. The largest absolute Gasteiger partial charge is 0.481 e. The zero-order chi connectivity index (χ0) is 17.6. The van der Waals surface area contributed by atoms with E-state index < -0.39 is 22.2 Å². The van der Waals surface area contributed by atoms with Gasteiger partial charge in [0.15, 0.2) is 0 Å². The van der Waals surface area contributed by atoms with E-state index in [4.69, 9.17) is 9.29 Å². The topological polar surface area (TPSA) is 80.7 Å². The van der Waals surface area contributed by atoms with Crippen molar-refractivity contribution in [3.63, 3.8) is 0 Å². The number of carboxylic acid groups (broad SMARTS) is 1. The molecular formula is C17H34O5S. The zero-order valence-electron chi connectivity index (χ0n) is 14.8. The van der Waals surface area contributed by atoms with Gasteiger partial charge < -0.3 is 5.11 Å². The minimum absolute atomic E-state index is 0.259. The first-order valence-corrected chi connectivity index (χ1v) is 10.8. The molecule has 0 spiro atoms. The van der Waals surface area contributed by atoms with Crippen LogP contribution in [-0.2, 0) is 19.1 Å². The lowest BCUT2D eigenvalue weighted by molar-refractivity contribution is -0.138. The van der Waals surface area contributed by atoms with Crippen molar-refractivity contribution in [2.45, 2.75) is 96.5 Å². The first-order chi connectivity index (χ1) is 10.8. The van der Waals surface area contributed by atoms with Crippen LogP contribution in [0.3, 0.4) is 0 Å². The second-order valence-corrected chi connectivity index (χ2v) is 7.95. The van der Waals surface area contributed by atoms with Crippen LogP contribution in [0, 0.1) is 0 Å². The van der Waals surface area contributed by atoms with Gasteiger partial charge in [-0.05, 0) is 6.42 Å². The van der Waals surface area contributed by atoms with E-state index in [2.05, 4.69) is 6.92 Å². The van der Waals surface area contributed by atoms with Crippen LogP contribution in [0.4, 0.5) is 0 Å². The Hall–Kier alpha value is -0.620. The summed E-state index contributed by atoms with van der Waals surface area (Å²) in [5, 5.41) is 8.78. The predicted molar refractivity (Wildman–Crippen MR) is 93.0 cm³/mol. The van der Waals surface area contributed by atoms with Gasteiger partial charge in [-0.15, -0.1) is 0 Å². The Kier molecular flexibility index (Phi) is 13.4. The fourth-order valence-corrected chi connectivity index (χ4v) is 3.32. The normalized spacial score (nSPS) is 13.1. The van der Waals surface area contributed by atoms with Crippen molar-refractivity contribution in [1.82, 2.24) is 0 Å². The van der Waals surface area contributed by atoms with Crippen LogP contribution in [0.15, 0.2) is 0 Å². The standard InChI is InChI=1S/C17H34O5S/c1-3-4-5-6-7-8-9-10-11-12-13-14-16(15-17(18)19)22-23(2,20)21/h16H,3-15H2,1-2H3,(H,18,19)/t16-/m1/s1. The smallest absolute Gasteiger partial charge is 0.306 e. The average Bonchev–Trinajstić information content (AvgIpc) is 2.42. The summed E-state index contributed by atoms with van der Waals surface area (Å²) in [7, 11) is -3.60. The lowest BCUT2D eigenvalue weighted by Gasteiger charge is -2.13. The fourth-order valence-electron chi connectivity index (χ4n) is 2.66.